The SMILES string of the molecule is CCNC1c2ccccc2CC1Sc1ccc(Cl)cc1. The quantitative estimate of drug-likeness (QED) is 0.878. The highest BCUT2D eigenvalue weighted by molar-refractivity contribution is 8.00. The van der Waals surface area contributed by atoms with Crippen molar-refractivity contribution < 1.29 is 0 Å². The Labute approximate surface area is 129 Å². The van der Waals surface area contributed by atoms with Crippen LogP contribution in [0.3, 0.4) is 0 Å². The van der Waals surface area contributed by atoms with Crippen LogP contribution in [0.5, 0.6) is 0 Å². The van der Waals surface area contributed by atoms with Gasteiger partial charge in [-0.05, 0) is 48.4 Å². The van der Waals surface area contributed by atoms with E-state index in [1.54, 1.807) is 0 Å². The van der Waals surface area contributed by atoms with E-state index >= 15 is 0 Å². The van der Waals surface area contributed by atoms with E-state index in [4.69, 9.17) is 11.6 Å². The van der Waals surface area contributed by atoms with E-state index in [1.807, 2.05) is 23.9 Å². The highest BCUT2D eigenvalue weighted by Gasteiger charge is 2.32. The van der Waals surface area contributed by atoms with Gasteiger partial charge in [-0.3, -0.25) is 0 Å². The molecule has 1 aliphatic rings. The fourth-order valence-corrected chi connectivity index (χ4v) is 4.23. The standard InChI is InChI=1S/C17H18ClNS/c1-2-19-17-15-6-4-3-5-12(15)11-16(17)20-14-9-7-13(18)8-10-14/h3-10,16-17,19H,2,11H2,1H3. The number of fused-ring (bicyclic) bond motifs is 1. The van der Waals surface area contributed by atoms with Gasteiger partial charge in [0.1, 0.15) is 0 Å². The Bertz CT molecular complexity index is 582. The van der Waals surface area contributed by atoms with Crippen LogP contribution in [0.15, 0.2) is 53.4 Å². The molecule has 20 heavy (non-hydrogen) atoms. The van der Waals surface area contributed by atoms with Crippen molar-refractivity contribution in [3.63, 3.8) is 0 Å². The van der Waals surface area contributed by atoms with Crippen LogP contribution in [0, 0.1) is 0 Å². The van der Waals surface area contributed by atoms with Crippen molar-refractivity contribution in [3.8, 4) is 0 Å². The van der Waals surface area contributed by atoms with Crippen LogP contribution in [-0.4, -0.2) is 11.8 Å². The predicted molar refractivity (Wildman–Crippen MR) is 87.7 cm³/mol. The van der Waals surface area contributed by atoms with Gasteiger partial charge in [-0.1, -0.05) is 42.8 Å². The monoisotopic (exact) mass is 303 g/mol. The average molecular weight is 304 g/mol. The zero-order valence-electron chi connectivity index (χ0n) is 11.5. The lowest BCUT2D eigenvalue weighted by Gasteiger charge is -2.21. The molecule has 0 bridgehead atoms. The first kappa shape index (κ1) is 14.0. The summed E-state index contributed by atoms with van der Waals surface area (Å²) in [5, 5.41) is 4.98. The maximum atomic E-state index is 5.96. The summed E-state index contributed by atoms with van der Waals surface area (Å²) in [4.78, 5) is 1.29. The number of hydrogen-bond acceptors (Lipinski definition) is 2. The summed E-state index contributed by atoms with van der Waals surface area (Å²) in [6.45, 7) is 3.17. The van der Waals surface area contributed by atoms with Crippen molar-refractivity contribution in [3.05, 3.63) is 64.7 Å². The van der Waals surface area contributed by atoms with Gasteiger partial charge in [-0.2, -0.15) is 0 Å². The molecule has 0 spiro atoms. The molecule has 0 heterocycles. The van der Waals surface area contributed by atoms with Crippen LogP contribution in [0.4, 0.5) is 0 Å². The summed E-state index contributed by atoms with van der Waals surface area (Å²) in [7, 11) is 0. The number of thioether (sulfide) groups is 1. The van der Waals surface area contributed by atoms with E-state index in [9.17, 15) is 0 Å². The summed E-state index contributed by atoms with van der Waals surface area (Å²) in [5.41, 5.74) is 2.94. The zero-order valence-corrected chi connectivity index (χ0v) is 13.0. The third-order valence-electron chi connectivity index (χ3n) is 3.71. The van der Waals surface area contributed by atoms with Gasteiger partial charge < -0.3 is 5.32 Å². The van der Waals surface area contributed by atoms with E-state index in [0.29, 0.717) is 11.3 Å². The molecule has 3 heteroatoms. The van der Waals surface area contributed by atoms with Crippen molar-refractivity contribution in [2.45, 2.75) is 29.5 Å². The molecule has 0 aromatic heterocycles. The van der Waals surface area contributed by atoms with Crippen LogP contribution in [0.2, 0.25) is 5.02 Å². The van der Waals surface area contributed by atoms with Gasteiger partial charge in [-0.15, -0.1) is 11.8 Å². The Morgan fingerprint density at radius 1 is 1.15 bits per heavy atom. The molecule has 1 N–H and O–H groups in total. The molecule has 0 aliphatic heterocycles. The Morgan fingerprint density at radius 3 is 2.65 bits per heavy atom. The molecule has 0 saturated carbocycles. The van der Waals surface area contributed by atoms with Crippen LogP contribution < -0.4 is 5.32 Å². The third kappa shape index (κ3) is 2.88. The van der Waals surface area contributed by atoms with Crippen LogP contribution >= 0.6 is 23.4 Å². The van der Waals surface area contributed by atoms with E-state index in [0.717, 1.165) is 18.0 Å². The van der Waals surface area contributed by atoms with E-state index < -0.39 is 0 Å². The Morgan fingerprint density at radius 2 is 1.90 bits per heavy atom. The third-order valence-corrected chi connectivity index (χ3v) is 5.25. The van der Waals surface area contributed by atoms with Gasteiger partial charge in [-0.25, -0.2) is 0 Å². The number of hydrogen-bond donors (Lipinski definition) is 1. The minimum Gasteiger partial charge on any atom is -0.309 e. The van der Waals surface area contributed by atoms with Crippen molar-refractivity contribution in [1.82, 2.24) is 5.32 Å². The molecular formula is C17H18ClNS. The molecule has 2 aromatic carbocycles. The second-order valence-electron chi connectivity index (χ2n) is 5.05. The fraction of sp³-hybridized carbons (Fsp3) is 0.294. The smallest absolute Gasteiger partial charge is 0.0450 e. The van der Waals surface area contributed by atoms with Gasteiger partial charge in [0.25, 0.3) is 0 Å². The van der Waals surface area contributed by atoms with Crippen molar-refractivity contribution in [2.24, 2.45) is 0 Å². The van der Waals surface area contributed by atoms with E-state index in [-0.39, 0.29) is 0 Å². The van der Waals surface area contributed by atoms with Crippen LogP contribution in [0.25, 0.3) is 0 Å². The number of benzene rings is 2. The Kier molecular flexibility index (Phi) is 4.35. The molecule has 2 unspecified atom stereocenters. The fourth-order valence-electron chi connectivity index (χ4n) is 2.82. The molecule has 1 nitrogen and oxygen atoms in total. The van der Waals surface area contributed by atoms with E-state index in [1.165, 1.54) is 16.0 Å². The second kappa shape index (κ2) is 6.21. The normalized spacial score (nSPS) is 20.9. The summed E-state index contributed by atoms with van der Waals surface area (Å²) in [5.74, 6) is 0. The second-order valence-corrected chi connectivity index (χ2v) is 6.80. The van der Waals surface area contributed by atoms with E-state index in [2.05, 4.69) is 48.6 Å². The van der Waals surface area contributed by atoms with Crippen molar-refractivity contribution >= 4 is 23.4 Å². The van der Waals surface area contributed by atoms with Gasteiger partial charge in [0.2, 0.25) is 0 Å². The minimum absolute atomic E-state index is 0.442. The topological polar surface area (TPSA) is 12.0 Å². The maximum absolute atomic E-state index is 5.96. The number of halogens is 1. The molecule has 2 atom stereocenters. The Balaban J connectivity index is 1.81. The number of rotatable bonds is 4. The first-order valence-corrected chi connectivity index (χ1v) is 8.27. The average Bonchev–Trinajstić information content (AvgIpc) is 2.80. The number of nitrogens with one attached hydrogen (secondary N) is 1. The lowest BCUT2D eigenvalue weighted by atomic mass is 10.1. The molecule has 0 amide bonds. The molecule has 0 fully saturated rings. The molecule has 0 saturated heterocycles. The minimum atomic E-state index is 0.442. The summed E-state index contributed by atoms with van der Waals surface area (Å²) in [6, 6.07) is 17.4. The summed E-state index contributed by atoms with van der Waals surface area (Å²) in [6.07, 6.45) is 1.13. The summed E-state index contributed by atoms with van der Waals surface area (Å²) >= 11 is 7.90. The summed E-state index contributed by atoms with van der Waals surface area (Å²) < 4.78 is 0. The molecule has 1 aliphatic carbocycles. The van der Waals surface area contributed by atoms with Crippen LogP contribution in [-0.2, 0) is 6.42 Å². The predicted octanol–water partition coefficient (Wildman–Crippen LogP) is 4.71. The lowest BCUT2D eigenvalue weighted by Crippen LogP contribution is -2.26. The van der Waals surface area contributed by atoms with Crippen LogP contribution in [0.1, 0.15) is 24.1 Å². The van der Waals surface area contributed by atoms with Crippen molar-refractivity contribution in [2.75, 3.05) is 6.54 Å². The zero-order chi connectivity index (χ0) is 13.9. The van der Waals surface area contributed by atoms with Crippen molar-refractivity contribution in [1.29, 1.82) is 0 Å². The highest BCUT2D eigenvalue weighted by atomic mass is 35.5. The van der Waals surface area contributed by atoms with Gasteiger partial charge in [0.15, 0.2) is 0 Å². The molecular weight excluding hydrogens is 286 g/mol. The maximum Gasteiger partial charge on any atom is 0.0450 e. The van der Waals surface area contributed by atoms with Gasteiger partial charge in [0.05, 0.1) is 0 Å². The highest BCUT2D eigenvalue weighted by Crippen LogP contribution is 2.41. The van der Waals surface area contributed by atoms with Gasteiger partial charge >= 0.3 is 0 Å². The Hall–Kier alpha value is -0.960. The first-order valence-electron chi connectivity index (χ1n) is 7.01. The first-order chi connectivity index (χ1) is 9.78. The molecule has 0 radical (unpaired) electrons. The molecule has 104 valence electrons. The largest absolute Gasteiger partial charge is 0.309 e. The molecule has 2 aromatic rings. The van der Waals surface area contributed by atoms with Gasteiger partial charge in [0, 0.05) is 21.2 Å². The molecule has 3 rings (SSSR count). The lowest BCUT2D eigenvalue weighted by molar-refractivity contribution is 0.560.